The molecule has 2 atom stereocenters. The fourth-order valence-corrected chi connectivity index (χ4v) is 2.16. The Morgan fingerprint density at radius 2 is 2.33 bits per heavy atom. The van der Waals surface area contributed by atoms with Crippen molar-refractivity contribution in [2.45, 2.75) is 25.9 Å². The molecule has 0 aromatic carbocycles. The van der Waals surface area contributed by atoms with Crippen molar-refractivity contribution >= 4 is 17.3 Å². The average Bonchev–Trinajstić information content (AvgIpc) is 2.22. The number of piperazine rings is 1. The quantitative estimate of drug-likeness (QED) is 0.741. The van der Waals surface area contributed by atoms with Crippen molar-refractivity contribution in [2.75, 3.05) is 18.0 Å². The molecule has 2 unspecified atom stereocenters. The highest BCUT2D eigenvalue weighted by Crippen LogP contribution is 2.22. The lowest BCUT2D eigenvalue weighted by Gasteiger charge is -2.40. The summed E-state index contributed by atoms with van der Waals surface area (Å²) in [6.45, 7) is 6.47. The molecule has 82 valence electrons. The Labute approximate surface area is 95.4 Å². The van der Waals surface area contributed by atoms with Gasteiger partial charge in [-0.3, -0.25) is 0 Å². The zero-order valence-electron chi connectivity index (χ0n) is 9.07. The summed E-state index contributed by atoms with van der Waals surface area (Å²) < 4.78 is 0. The maximum Gasteiger partial charge on any atom is 0.131 e. The van der Waals surface area contributed by atoms with Crippen LogP contribution in [0.25, 0.3) is 0 Å². The van der Waals surface area contributed by atoms with Crippen LogP contribution in [0.1, 0.15) is 13.8 Å². The van der Waals surface area contributed by atoms with E-state index in [1.54, 1.807) is 6.20 Å². The van der Waals surface area contributed by atoms with Gasteiger partial charge in [-0.2, -0.15) is 0 Å². The van der Waals surface area contributed by atoms with Gasteiger partial charge >= 0.3 is 0 Å². The van der Waals surface area contributed by atoms with Gasteiger partial charge in [0.15, 0.2) is 0 Å². The van der Waals surface area contributed by atoms with Crippen LogP contribution in [0.2, 0.25) is 5.15 Å². The average molecular weight is 226 g/mol. The lowest BCUT2D eigenvalue weighted by molar-refractivity contribution is 0.404. The van der Waals surface area contributed by atoms with E-state index in [0.29, 0.717) is 17.2 Å². The summed E-state index contributed by atoms with van der Waals surface area (Å²) in [7, 11) is 0. The van der Waals surface area contributed by atoms with E-state index in [4.69, 9.17) is 11.6 Å². The molecular weight excluding hydrogens is 210 g/mol. The van der Waals surface area contributed by atoms with E-state index in [9.17, 15) is 0 Å². The topological polar surface area (TPSA) is 28.2 Å². The monoisotopic (exact) mass is 225 g/mol. The van der Waals surface area contributed by atoms with Crippen molar-refractivity contribution in [3.63, 3.8) is 0 Å². The molecule has 0 spiro atoms. The standard InChI is InChI=1S/C11H16ClN3/c1-8-9(2)15(6-5-13-8)10-3-4-14-11(12)7-10/h3-4,7-9,13H,5-6H2,1-2H3. The van der Waals surface area contributed by atoms with Crippen molar-refractivity contribution in [2.24, 2.45) is 0 Å². The van der Waals surface area contributed by atoms with Crippen LogP contribution in [0.15, 0.2) is 18.3 Å². The fraction of sp³-hybridized carbons (Fsp3) is 0.545. The molecule has 15 heavy (non-hydrogen) atoms. The second kappa shape index (κ2) is 4.37. The molecule has 0 aliphatic carbocycles. The number of anilines is 1. The molecule has 0 amide bonds. The maximum atomic E-state index is 5.89. The molecule has 1 saturated heterocycles. The predicted molar refractivity (Wildman–Crippen MR) is 63.5 cm³/mol. The van der Waals surface area contributed by atoms with Crippen LogP contribution in [0.3, 0.4) is 0 Å². The molecule has 4 heteroatoms. The molecule has 0 saturated carbocycles. The highest BCUT2D eigenvalue weighted by molar-refractivity contribution is 6.29. The molecule has 0 radical (unpaired) electrons. The largest absolute Gasteiger partial charge is 0.366 e. The first-order valence-electron chi connectivity index (χ1n) is 5.30. The van der Waals surface area contributed by atoms with Crippen molar-refractivity contribution in [3.05, 3.63) is 23.5 Å². The third-order valence-corrected chi connectivity index (χ3v) is 3.28. The van der Waals surface area contributed by atoms with E-state index in [0.717, 1.165) is 18.8 Å². The minimum absolute atomic E-state index is 0.484. The van der Waals surface area contributed by atoms with Gasteiger partial charge in [0.2, 0.25) is 0 Å². The predicted octanol–water partition coefficient (Wildman–Crippen LogP) is 1.92. The van der Waals surface area contributed by atoms with Crippen LogP contribution in [0, 0.1) is 0 Å². The minimum Gasteiger partial charge on any atom is -0.366 e. The number of pyridine rings is 1. The SMILES string of the molecule is CC1NCCN(c2ccnc(Cl)c2)C1C. The highest BCUT2D eigenvalue weighted by Gasteiger charge is 2.24. The van der Waals surface area contributed by atoms with Crippen molar-refractivity contribution in [1.82, 2.24) is 10.3 Å². The zero-order chi connectivity index (χ0) is 10.8. The molecule has 1 aromatic heterocycles. The molecule has 1 aromatic rings. The summed E-state index contributed by atoms with van der Waals surface area (Å²) in [5.41, 5.74) is 1.16. The smallest absolute Gasteiger partial charge is 0.131 e. The number of nitrogens with one attached hydrogen (secondary N) is 1. The van der Waals surface area contributed by atoms with Gasteiger partial charge in [-0.05, 0) is 26.0 Å². The van der Waals surface area contributed by atoms with Gasteiger partial charge in [0.1, 0.15) is 5.15 Å². The van der Waals surface area contributed by atoms with Gasteiger partial charge in [-0.15, -0.1) is 0 Å². The summed E-state index contributed by atoms with van der Waals surface area (Å²) >= 11 is 5.89. The fourth-order valence-electron chi connectivity index (χ4n) is 1.99. The minimum atomic E-state index is 0.484. The molecule has 1 aliphatic rings. The summed E-state index contributed by atoms with van der Waals surface area (Å²) in [6, 6.07) is 4.93. The normalized spacial score (nSPS) is 26.7. The van der Waals surface area contributed by atoms with E-state index < -0.39 is 0 Å². The first-order valence-corrected chi connectivity index (χ1v) is 5.68. The Morgan fingerprint density at radius 3 is 3.07 bits per heavy atom. The second-order valence-corrected chi connectivity index (χ2v) is 4.40. The van der Waals surface area contributed by atoms with Crippen LogP contribution in [-0.2, 0) is 0 Å². The van der Waals surface area contributed by atoms with E-state index in [1.807, 2.05) is 12.1 Å². The zero-order valence-corrected chi connectivity index (χ0v) is 9.83. The van der Waals surface area contributed by atoms with Gasteiger partial charge in [-0.1, -0.05) is 11.6 Å². The number of aromatic nitrogens is 1. The van der Waals surface area contributed by atoms with Gasteiger partial charge < -0.3 is 10.2 Å². The van der Waals surface area contributed by atoms with Crippen molar-refractivity contribution in [1.29, 1.82) is 0 Å². The Kier molecular flexibility index (Phi) is 3.12. The second-order valence-electron chi connectivity index (χ2n) is 4.01. The lowest BCUT2D eigenvalue weighted by Crippen LogP contribution is -2.55. The van der Waals surface area contributed by atoms with Crippen LogP contribution < -0.4 is 10.2 Å². The summed E-state index contributed by atoms with van der Waals surface area (Å²) in [4.78, 5) is 6.37. The molecular formula is C11H16ClN3. The number of hydrogen-bond donors (Lipinski definition) is 1. The Bertz CT molecular complexity index is 342. The van der Waals surface area contributed by atoms with E-state index in [2.05, 4.69) is 29.0 Å². The number of rotatable bonds is 1. The van der Waals surface area contributed by atoms with E-state index >= 15 is 0 Å². The first kappa shape index (κ1) is 10.7. The van der Waals surface area contributed by atoms with Gasteiger partial charge in [-0.25, -0.2) is 4.98 Å². The lowest BCUT2D eigenvalue weighted by atomic mass is 10.1. The van der Waals surface area contributed by atoms with Crippen LogP contribution >= 0.6 is 11.6 Å². The highest BCUT2D eigenvalue weighted by atomic mass is 35.5. The third-order valence-electron chi connectivity index (χ3n) is 3.08. The van der Waals surface area contributed by atoms with E-state index in [-0.39, 0.29) is 0 Å². The third kappa shape index (κ3) is 2.24. The molecule has 1 fully saturated rings. The van der Waals surface area contributed by atoms with Crippen LogP contribution in [0.5, 0.6) is 0 Å². The van der Waals surface area contributed by atoms with E-state index in [1.165, 1.54) is 0 Å². The first-order chi connectivity index (χ1) is 7.18. The summed E-state index contributed by atoms with van der Waals surface area (Å²) in [5.74, 6) is 0. The molecule has 1 aliphatic heterocycles. The van der Waals surface area contributed by atoms with Crippen LogP contribution in [0.4, 0.5) is 5.69 Å². The Balaban J connectivity index is 2.22. The Hall–Kier alpha value is -0.800. The number of hydrogen-bond acceptors (Lipinski definition) is 3. The maximum absolute atomic E-state index is 5.89. The van der Waals surface area contributed by atoms with Gasteiger partial charge in [0.05, 0.1) is 0 Å². The number of nitrogens with zero attached hydrogens (tertiary/aromatic N) is 2. The molecule has 3 nitrogen and oxygen atoms in total. The summed E-state index contributed by atoms with van der Waals surface area (Å²) in [5, 5.41) is 4.02. The van der Waals surface area contributed by atoms with Crippen LogP contribution in [-0.4, -0.2) is 30.2 Å². The molecule has 2 heterocycles. The summed E-state index contributed by atoms with van der Waals surface area (Å²) in [6.07, 6.45) is 1.76. The number of halogens is 1. The van der Waals surface area contributed by atoms with Crippen molar-refractivity contribution in [3.8, 4) is 0 Å². The van der Waals surface area contributed by atoms with Crippen molar-refractivity contribution < 1.29 is 0 Å². The van der Waals surface area contributed by atoms with Gasteiger partial charge in [0.25, 0.3) is 0 Å². The molecule has 2 rings (SSSR count). The Morgan fingerprint density at radius 1 is 1.53 bits per heavy atom. The molecule has 0 bridgehead atoms. The molecule has 1 N–H and O–H groups in total. The van der Waals surface area contributed by atoms with Gasteiger partial charge in [0, 0.05) is 37.1 Å².